The predicted molar refractivity (Wildman–Crippen MR) is 197 cm³/mol. The first-order valence-corrected chi connectivity index (χ1v) is 15.9. The van der Waals surface area contributed by atoms with E-state index in [0.29, 0.717) is 11.3 Å². The van der Waals surface area contributed by atoms with Crippen molar-refractivity contribution >= 4 is 49.3 Å². The van der Waals surface area contributed by atoms with E-state index < -0.39 is 0 Å². The fraction of sp³-hybridized carbons (Fsp3) is 0. The van der Waals surface area contributed by atoms with Gasteiger partial charge in [0.15, 0.2) is 5.69 Å². The van der Waals surface area contributed by atoms with Gasteiger partial charge in [0.25, 0.3) is 0 Å². The summed E-state index contributed by atoms with van der Waals surface area (Å²) in [4.78, 5) is 3.88. The number of hydrogen-bond donors (Lipinski definition) is 0. The Morgan fingerprint density at radius 3 is 1.71 bits per heavy atom. The minimum absolute atomic E-state index is 0.615. The molecule has 0 fully saturated rings. The third-order valence-corrected chi connectivity index (χ3v) is 9.41. The van der Waals surface area contributed by atoms with Crippen molar-refractivity contribution in [2.45, 2.75) is 0 Å². The molecule has 4 heteroatoms. The molecule has 0 N–H and O–H groups in total. The van der Waals surface area contributed by atoms with Crippen molar-refractivity contribution in [1.29, 1.82) is 5.26 Å². The average molecular weight is 611 g/mol. The van der Waals surface area contributed by atoms with Crippen molar-refractivity contribution < 1.29 is 0 Å². The van der Waals surface area contributed by atoms with Gasteiger partial charge >= 0.3 is 0 Å². The molecule has 0 atom stereocenters. The van der Waals surface area contributed by atoms with Crippen LogP contribution in [0.25, 0.3) is 82.1 Å². The van der Waals surface area contributed by atoms with Gasteiger partial charge in [0.05, 0.1) is 40.1 Å². The quantitative estimate of drug-likeness (QED) is 0.183. The Hall–Kier alpha value is -6.88. The van der Waals surface area contributed by atoms with Crippen molar-refractivity contribution in [2.75, 3.05) is 0 Å². The highest BCUT2D eigenvalue weighted by Crippen LogP contribution is 2.42. The standard InChI is InChI=1S/C44H26N4/c1-46-37-19-12-24-42-44(37)36-18-7-11-23-41(36)47(42)38-20-8-4-15-33(38)32-14-3-2-13-31(32)29-25-26-30(28-45)43(27-29)48-39-21-9-5-16-34(39)35-17-6-10-22-40(35)48/h2-27H. The van der Waals surface area contributed by atoms with Crippen LogP contribution >= 0.6 is 0 Å². The average Bonchev–Trinajstić information content (AvgIpc) is 3.68. The number of benzene rings is 7. The van der Waals surface area contributed by atoms with Crippen LogP contribution in [-0.4, -0.2) is 9.13 Å². The molecule has 0 saturated carbocycles. The second kappa shape index (κ2) is 10.9. The first kappa shape index (κ1) is 27.4. The zero-order chi connectivity index (χ0) is 32.2. The number of rotatable bonds is 4. The fourth-order valence-electron chi connectivity index (χ4n) is 7.38. The molecular formula is C44H26N4. The van der Waals surface area contributed by atoms with Crippen molar-refractivity contribution in [1.82, 2.24) is 9.13 Å². The maximum atomic E-state index is 10.3. The maximum Gasteiger partial charge on any atom is 0.197 e. The minimum atomic E-state index is 0.615. The fourth-order valence-corrected chi connectivity index (χ4v) is 7.38. The highest BCUT2D eigenvalue weighted by Gasteiger charge is 2.20. The van der Waals surface area contributed by atoms with Gasteiger partial charge in [-0.2, -0.15) is 5.26 Å². The smallest absolute Gasteiger partial charge is 0.197 e. The van der Waals surface area contributed by atoms with Crippen molar-refractivity contribution in [3.63, 3.8) is 0 Å². The summed E-state index contributed by atoms with van der Waals surface area (Å²) in [6.45, 7) is 7.90. The summed E-state index contributed by atoms with van der Waals surface area (Å²) in [5.41, 5.74) is 11.6. The number of nitriles is 1. The summed E-state index contributed by atoms with van der Waals surface area (Å²) in [7, 11) is 0. The van der Waals surface area contributed by atoms with E-state index in [9.17, 15) is 5.26 Å². The van der Waals surface area contributed by atoms with Gasteiger partial charge in [0, 0.05) is 27.2 Å². The van der Waals surface area contributed by atoms with Crippen LogP contribution < -0.4 is 0 Å². The molecule has 0 aliphatic rings. The third kappa shape index (κ3) is 4.01. The van der Waals surface area contributed by atoms with Crippen LogP contribution in [0.5, 0.6) is 0 Å². The lowest BCUT2D eigenvalue weighted by atomic mass is 9.92. The van der Waals surface area contributed by atoms with Gasteiger partial charge in [-0.25, -0.2) is 4.85 Å². The molecular weight excluding hydrogens is 585 g/mol. The van der Waals surface area contributed by atoms with Gasteiger partial charge in [0.2, 0.25) is 0 Å². The molecule has 0 aliphatic carbocycles. The van der Waals surface area contributed by atoms with Crippen molar-refractivity contribution in [2.24, 2.45) is 0 Å². The lowest BCUT2D eigenvalue weighted by Gasteiger charge is -2.18. The van der Waals surface area contributed by atoms with Crippen LogP contribution in [0, 0.1) is 17.9 Å². The summed E-state index contributed by atoms with van der Waals surface area (Å²) in [5.74, 6) is 0. The van der Waals surface area contributed by atoms with E-state index in [1.54, 1.807) is 0 Å². The summed E-state index contributed by atoms with van der Waals surface area (Å²) in [6, 6.07) is 56.6. The zero-order valence-electron chi connectivity index (χ0n) is 25.8. The minimum Gasteiger partial charge on any atom is -0.310 e. The molecule has 0 aliphatic heterocycles. The van der Waals surface area contributed by atoms with E-state index in [-0.39, 0.29) is 0 Å². The van der Waals surface area contributed by atoms with Crippen LogP contribution in [0.15, 0.2) is 158 Å². The zero-order valence-corrected chi connectivity index (χ0v) is 25.8. The first-order valence-electron chi connectivity index (χ1n) is 15.9. The molecule has 9 rings (SSSR count). The molecule has 48 heavy (non-hydrogen) atoms. The van der Waals surface area contributed by atoms with Crippen LogP contribution in [0.4, 0.5) is 5.69 Å². The van der Waals surface area contributed by atoms with E-state index in [1.807, 2.05) is 24.3 Å². The highest BCUT2D eigenvalue weighted by atomic mass is 15.0. The molecule has 9 aromatic rings. The Morgan fingerprint density at radius 2 is 1.02 bits per heavy atom. The largest absolute Gasteiger partial charge is 0.310 e. The normalized spacial score (nSPS) is 11.3. The maximum absolute atomic E-state index is 10.3. The molecule has 0 saturated heterocycles. The number of hydrogen-bond acceptors (Lipinski definition) is 1. The molecule has 2 heterocycles. The van der Waals surface area contributed by atoms with E-state index in [2.05, 4.69) is 154 Å². The lowest BCUT2D eigenvalue weighted by Crippen LogP contribution is -2.00. The van der Waals surface area contributed by atoms with Crippen molar-refractivity contribution in [3.05, 3.63) is 175 Å². The van der Waals surface area contributed by atoms with Crippen LogP contribution in [0.2, 0.25) is 0 Å². The molecule has 4 nitrogen and oxygen atoms in total. The van der Waals surface area contributed by atoms with Crippen molar-refractivity contribution in [3.8, 4) is 39.7 Å². The highest BCUT2D eigenvalue weighted by molar-refractivity contribution is 6.15. The molecule has 0 radical (unpaired) electrons. The Balaban J connectivity index is 1.30. The summed E-state index contributed by atoms with van der Waals surface area (Å²) >= 11 is 0. The van der Waals surface area contributed by atoms with E-state index in [4.69, 9.17) is 6.57 Å². The summed E-state index contributed by atoms with van der Waals surface area (Å²) < 4.78 is 4.50. The number of aromatic nitrogens is 2. The molecule has 7 aromatic carbocycles. The summed E-state index contributed by atoms with van der Waals surface area (Å²) in [5, 5.41) is 14.7. The molecule has 0 amide bonds. The van der Waals surface area contributed by atoms with Gasteiger partial charge in [-0.05, 0) is 64.5 Å². The van der Waals surface area contributed by atoms with Crippen LogP contribution in [-0.2, 0) is 0 Å². The second-order valence-electron chi connectivity index (χ2n) is 11.9. The summed E-state index contributed by atoms with van der Waals surface area (Å²) in [6.07, 6.45) is 0. The van der Waals surface area contributed by atoms with Gasteiger partial charge in [-0.3, -0.25) is 0 Å². The molecule has 222 valence electrons. The third-order valence-electron chi connectivity index (χ3n) is 9.41. The van der Waals surface area contributed by atoms with E-state index in [0.717, 1.165) is 77.2 Å². The monoisotopic (exact) mass is 610 g/mol. The molecule has 0 spiro atoms. The topological polar surface area (TPSA) is 38.0 Å². The predicted octanol–water partition coefficient (Wildman–Crippen LogP) is 11.6. The second-order valence-corrected chi connectivity index (χ2v) is 11.9. The van der Waals surface area contributed by atoms with Crippen LogP contribution in [0.3, 0.4) is 0 Å². The Labute approximate surface area is 277 Å². The first-order chi connectivity index (χ1) is 23.8. The Bertz CT molecular complexity index is 2760. The van der Waals surface area contributed by atoms with Gasteiger partial charge in [0.1, 0.15) is 6.07 Å². The molecule has 0 bridgehead atoms. The number of fused-ring (bicyclic) bond motifs is 6. The number of nitrogens with zero attached hydrogens (tertiary/aromatic N) is 4. The van der Waals surface area contributed by atoms with E-state index in [1.165, 1.54) is 0 Å². The Kier molecular flexibility index (Phi) is 6.22. The molecule has 2 aromatic heterocycles. The Morgan fingerprint density at radius 1 is 0.479 bits per heavy atom. The SMILES string of the molecule is [C-]#[N+]c1cccc2c1c1ccccc1n2-c1ccccc1-c1ccccc1-c1ccc(C#N)c(-n2c3ccccc3c3ccccc32)c1. The van der Waals surface area contributed by atoms with Gasteiger partial charge < -0.3 is 9.13 Å². The lowest BCUT2D eigenvalue weighted by molar-refractivity contribution is 1.17. The van der Waals surface area contributed by atoms with Gasteiger partial charge in [-0.15, -0.1) is 0 Å². The molecule has 0 unspecified atom stereocenters. The number of para-hydroxylation sites is 4. The van der Waals surface area contributed by atoms with Crippen LogP contribution in [0.1, 0.15) is 5.56 Å². The van der Waals surface area contributed by atoms with Gasteiger partial charge in [-0.1, -0.05) is 115 Å². The van der Waals surface area contributed by atoms with E-state index >= 15 is 0 Å².